The Balaban J connectivity index is 2.28. The highest BCUT2D eigenvalue weighted by molar-refractivity contribution is 5.44. The van der Waals surface area contributed by atoms with Crippen LogP contribution in [-0.4, -0.2) is 0 Å². The van der Waals surface area contributed by atoms with Crippen LogP contribution in [0.15, 0.2) is 36.4 Å². The summed E-state index contributed by atoms with van der Waals surface area (Å²) in [5.74, 6) is -0.705. The van der Waals surface area contributed by atoms with Gasteiger partial charge in [-0.15, -0.1) is 0 Å². The summed E-state index contributed by atoms with van der Waals surface area (Å²) in [6, 6.07) is 8.44. The number of nitrogen functional groups attached to an aromatic ring is 1. The molecule has 0 aliphatic rings. The van der Waals surface area contributed by atoms with E-state index in [1.165, 1.54) is 18.2 Å². The largest absolute Gasteiger partial charge is 0.454 e. The Morgan fingerprint density at radius 3 is 2.41 bits per heavy atom. The van der Waals surface area contributed by atoms with Crippen LogP contribution < -0.4 is 10.5 Å². The minimum absolute atomic E-state index is 0.0162. The fourth-order valence-electron chi connectivity index (χ4n) is 1.36. The van der Waals surface area contributed by atoms with E-state index in [1.54, 1.807) is 19.1 Å². The number of aryl methyl sites for hydroxylation is 1. The number of benzene rings is 2. The molecule has 0 atom stereocenters. The summed E-state index contributed by atoms with van der Waals surface area (Å²) < 4.78 is 31.9. The Morgan fingerprint density at radius 2 is 1.76 bits per heavy atom. The summed E-state index contributed by atoms with van der Waals surface area (Å²) in [4.78, 5) is 0. The molecule has 0 bridgehead atoms. The van der Waals surface area contributed by atoms with Crippen LogP contribution >= 0.6 is 0 Å². The lowest BCUT2D eigenvalue weighted by atomic mass is 10.2. The smallest absolute Gasteiger partial charge is 0.167 e. The first kappa shape index (κ1) is 11.4. The minimum atomic E-state index is -0.578. The van der Waals surface area contributed by atoms with E-state index >= 15 is 0 Å². The van der Waals surface area contributed by atoms with Crippen molar-refractivity contribution in [3.05, 3.63) is 53.6 Å². The number of hydrogen-bond acceptors (Lipinski definition) is 2. The normalized spacial score (nSPS) is 10.3. The molecule has 88 valence electrons. The first-order valence-electron chi connectivity index (χ1n) is 5.05. The van der Waals surface area contributed by atoms with Gasteiger partial charge in [-0.05, 0) is 30.7 Å². The molecule has 0 aliphatic carbocycles. The Hall–Kier alpha value is -2.10. The maximum absolute atomic E-state index is 13.4. The molecule has 0 aromatic heterocycles. The fourth-order valence-corrected chi connectivity index (χ4v) is 1.36. The summed E-state index contributed by atoms with van der Waals surface area (Å²) in [6.45, 7) is 1.64. The van der Waals surface area contributed by atoms with Crippen molar-refractivity contribution in [1.82, 2.24) is 0 Å². The molecule has 0 fully saturated rings. The first-order valence-corrected chi connectivity index (χ1v) is 5.05. The molecular formula is C13H11F2NO. The molecule has 0 unspecified atom stereocenters. The average Bonchev–Trinajstić information content (AvgIpc) is 2.27. The fraction of sp³-hybridized carbons (Fsp3) is 0.0769. The van der Waals surface area contributed by atoms with Gasteiger partial charge >= 0.3 is 0 Å². The third-order valence-electron chi connectivity index (χ3n) is 2.33. The molecule has 0 spiro atoms. The zero-order valence-electron chi connectivity index (χ0n) is 9.21. The van der Waals surface area contributed by atoms with E-state index in [0.29, 0.717) is 11.3 Å². The second-order valence-corrected chi connectivity index (χ2v) is 3.70. The van der Waals surface area contributed by atoms with Gasteiger partial charge in [-0.3, -0.25) is 0 Å². The number of halogens is 2. The van der Waals surface area contributed by atoms with E-state index in [2.05, 4.69) is 0 Å². The topological polar surface area (TPSA) is 35.2 Å². The van der Waals surface area contributed by atoms with Gasteiger partial charge in [0.1, 0.15) is 11.6 Å². The molecule has 0 radical (unpaired) electrons. The Bertz CT molecular complexity index is 555. The molecule has 0 aliphatic heterocycles. The zero-order chi connectivity index (χ0) is 12.4. The number of rotatable bonds is 2. The van der Waals surface area contributed by atoms with Gasteiger partial charge in [0, 0.05) is 17.8 Å². The Morgan fingerprint density at radius 1 is 1.00 bits per heavy atom. The highest BCUT2D eigenvalue weighted by atomic mass is 19.1. The van der Waals surface area contributed by atoms with Crippen molar-refractivity contribution in [2.24, 2.45) is 0 Å². The lowest BCUT2D eigenvalue weighted by Gasteiger charge is -2.08. The van der Waals surface area contributed by atoms with Crippen LogP contribution in [-0.2, 0) is 0 Å². The monoisotopic (exact) mass is 235 g/mol. The van der Waals surface area contributed by atoms with E-state index in [1.807, 2.05) is 0 Å². The predicted molar refractivity (Wildman–Crippen MR) is 62.0 cm³/mol. The van der Waals surface area contributed by atoms with Crippen molar-refractivity contribution >= 4 is 5.69 Å². The van der Waals surface area contributed by atoms with E-state index < -0.39 is 11.6 Å². The van der Waals surface area contributed by atoms with Crippen molar-refractivity contribution < 1.29 is 13.5 Å². The number of nitrogens with two attached hydrogens (primary N) is 1. The van der Waals surface area contributed by atoms with E-state index in [0.717, 1.165) is 6.07 Å². The molecule has 17 heavy (non-hydrogen) atoms. The molecule has 2 aromatic rings. The van der Waals surface area contributed by atoms with Crippen LogP contribution in [0.4, 0.5) is 14.5 Å². The molecule has 0 saturated carbocycles. The van der Waals surface area contributed by atoms with Crippen molar-refractivity contribution in [1.29, 1.82) is 0 Å². The van der Waals surface area contributed by atoms with E-state index in [4.69, 9.17) is 10.5 Å². The standard InChI is InChI=1S/C13H11F2NO/c1-8-2-4-10(7-11(8)14)17-13-5-3-9(16)6-12(13)15/h2-7H,16H2,1H3. The average molecular weight is 235 g/mol. The van der Waals surface area contributed by atoms with Crippen LogP contribution in [0.2, 0.25) is 0 Å². The molecule has 0 heterocycles. The lowest BCUT2D eigenvalue weighted by Crippen LogP contribution is -1.92. The third kappa shape index (κ3) is 2.53. The molecule has 2 N–H and O–H groups in total. The molecule has 2 rings (SSSR count). The number of ether oxygens (including phenoxy) is 1. The quantitative estimate of drug-likeness (QED) is 0.806. The molecule has 2 nitrogen and oxygen atoms in total. The Labute approximate surface area is 97.6 Å². The van der Waals surface area contributed by atoms with Gasteiger partial charge in [0.25, 0.3) is 0 Å². The van der Waals surface area contributed by atoms with Gasteiger partial charge in [-0.2, -0.15) is 0 Å². The maximum atomic E-state index is 13.4. The van der Waals surface area contributed by atoms with Gasteiger partial charge in [-0.1, -0.05) is 6.07 Å². The summed E-state index contributed by atoms with van der Waals surface area (Å²) in [5, 5.41) is 0. The minimum Gasteiger partial charge on any atom is -0.454 e. The zero-order valence-corrected chi connectivity index (χ0v) is 9.21. The van der Waals surface area contributed by atoms with Gasteiger partial charge in [0.2, 0.25) is 0 Å². The maximum Gasteiger partial charge on any atom is 0.167 e. The van der Waals surface area contributed by atoms with Crippen LogP contribution in [0.3, 0.4) is 0 Å². The number of hydrogen-bond donors (Lipinski definition) is 1. The molecule has 0 amide bonds. The second kappa shape index (κ2) is 4.41. The van der Waals surface area contributed by atoms with Crippen molar-refractivity contribution in [2.75, 3.05) is 5.73 Å². The molecule has 0 saturated heterocycles. The summed E-state index contributed by atoms with van der Waals surface area (Å²) >= 11 is 0. The highest BCUT2D eigenvalue weighted by Crippen LogP contribution is 2.26. The van der Waals surface area contributed by atoms with Gasteiger partial charge < -0.3 is 10.5 Å². The van der Waals surface area contributed by atoms with Gasteiger partial charge in [0.15, 0.2) is 11.6 Å². The van der Waals surface area contributed by atoms with Crippen LogP contribution in [0, 0.1) is 18.6 Å². The predicted octanol–water partition coefficient (Wildman–Crippen LogP) is 3.65. The van der Waals surface area contributed by atoms with Gasteiger partial charge in [0.05, 0.1) is 0 Å². The summed E-state index contributed by atoms with van der Waals surface area (Å²) in [6.07, 6.45) is 0. The van der Waals surface area contributed by atoms with Crippen molar-refractivity contribution in [2.45, 2.75) is 6.92 Å². The molecular weight excluding hydrogens is 224 g/mol. The molecule has 4 heteroatoms. The van der Waals surface area contributed by atoms with E-state index in [9.17, 15) is 8.78 Å². The Kier molecular flexibility index (Phi) is 2.95. The second-order valence-electron chi connectivity index (χ2n) is 3.70. The summed E-state index contributed by atoms with van der Waals surface area (Å²) in [7, 11) is 0. The first-order chi connectivity index (χ1) is 8.06. The summed E-state index contributed by atoms with van der Waals surface area (Å²) in [5.41, 5.74) is 6.23. The number of anilines is 1. The SMILES string of the molecule is Cc1ccc(Oc2ccc(N)cc2F)cc1F. The van der Waals surface area contributed by atoms with Crippen LogP contribution in [0.25, 0.3) is 0 Å². The lowest BCUT2D eigenvalue weighted by molar-refractivity contribution is 0.438. The van der Waals surface area contributed by atoms with Gasteiger partial charge in [-0.25, -0.2) is 8.78 Å². The molecule has 2 aromatic carbocycles. The van der Waals surface area contributed by atoms with Crippen molar-refractivity contribution in [3.63, 3.8) is 0 Å². The van der Waals surface area contributed by atoms with E-state index in [-0.39, 0.29) is 11.5 Å². The van der Waals surface area contributed by atoms with Crippen LogP contribution in [0.5, 0.6) is 11.5 Å². The third-order valence-corrected chi connectivity index (χ3v) is 2.33. The van der Waals surface area contributed by atoms with Crippen LogP contribution in [0.1, 0.15) is 5.56 Å². The van der Waals surface area contributed by atoms with Crippen molar-refractivity contribution in [3.8, 4) is 11.5 Å². The highest BCUT2D eigenvalue weighted by Gasteiger charge is 2.06.